The van der Waals surface area contributed by atoms with Gasteiger partial charge in [-0.3, -0.25) is 29.1 Å². The van der Waals surface area contributed by atoms with Gasteiger partial charge in [0.25, 0.3) is 11.5 Å². The van der Waals surface area contributed by atoms with Crippen molar-refractivity contribution >= 4 is 51.7 Å². The molecule has 3 aromatic rings. The van der Waals surface area contributed by atoms with Crippen molar-refractivity contribution in [3.8, 4) is 0 Å². The summed E-state index contributed by atoms with van der Waals surface area (Å²) < 4.78 is 6.51. The van der Waals surface area contributed by atoms with E-state index in [0.29, 0.717) is 21.9 Å². The van der Waals surface area contributed by atoms with Crippen LogP contribution in [0.5, 0.6) is 0 Å². The Morgan fingerprint density at radius 2 is 1.95 bits per heavy atom. The molecule has 3 heterocycles. The summed E-state index contributed by atoms with van der Waals surface area (Å²) in [6.45, 7) is 7.13. The lowest BCUT2D eigenvalue weighted by molar-refractivity contribution is -0.135. The van der Waals surface area contributed by atoms with Crippen molar-refractivity contribution in [2.75, 3.05) is 5.32 Å². The largest absolute Gasteiger partial charge is 0.444 e. The number of carbonyl (C=O) groups is 4. The number of anilines is 1. The molecule has 0 spiro atoms. The Bertz CT molecular complexity index is 1470. The van der Waals surface area contributed by atoms with Gasteiger partial charge in [0.05, 0.1) is 22.5 Å². The van der Waals surface area contributed by atoms with Crippen LogP contribution >= 0.6 is 11.3 Å². The summed E-state index contributed by atoms with van der Waals surface area (Å²) in [7, 11) is 0. The number of nitrogens with one attached hydrogen (secondary N) is 3. The number of alkyl carbamates (subject to hydrolysis) is 1. The van der Waals surface area contributed by atoms with Crippen LogP contribution in [0.1, 0.15) is 60.0 Å². The van der Waals surface area contributed by atoms with Crippen LogP contribution in [-0.4, -0.2) is 39.0 Å². The van der Waals surface area contributed by atoms with Gasteiger partial charge in [-0.15, -0.1) is 11.3 Å². The number of thiophene rings is 1. The van der Waals surface area contributed by atoms with Gasteiger partial charge in [0.1, 0.15) is 23.0 Å². The van der Waals surface area contributed by atoms with Gasteiger partial charge in [-0.25, -0.2) is 9.78 Å². The Balaban J connectivity index is 1.53. The SMILES string of the molecule is Cc1nc2c(NC(=O)c3ccc(CNC(=O)OC(C)(C)C)s3)cccc2c(=O)n1C1CCC(=O)NC1=O. The number of nitrogens with zero attached hydrogens (tertiary/aromatic N) is 2. The first-order valence-electron chi connectivity index (χ1n) is 11.7. The number of benzene rings is 1. The molecule has 12 heteroatoms. The van der Waals surface area contributed by atoms with Crippen LogP contribution in [0.4, 0.5) is 10.5 Å². The van der Waals surface area contributed by atoms with E-state index in [1.54, 1.807) is 58.0 Å². The van der Waals surface area contributed by atoms with Gasteiger partial charge < -0.3 is 15.4 Å². The normalized spacial score (nSPS) is 15.8. The number of hydrogen-bond acceptors (Lipinski definition) is 8. The molecule has 4 amide bonds. The van der Waals surface area contributed by atoms with Crippen molar-refractivity contribution in [1.29, 1.82) is 0 Å². The molecular formula is C25H27N5O6S. The smallest absolute Gasteiger partial charge is 0.407 e. The van der Waals surface area contributed by atoms with Crippen LogP contribution in [-0.2, 0) is 20.9 Å². The first kappa shape index (κ1) is 26.0. The summed E-state index contributed by atoms with van der Waals surface area (Å²) in [6.07, 6.45) is -0.211. The molecule has 0 saturated carbocycles. The lowest BCUT2D eigenvalue weighted by Crippen LogP contribution is -2.45. The highest BCUT2D eigenvalue weighted by atomic mass is 32.1. The van der Waals surface area contributed by atoms with Crippen molar-refractivity contribution < 1.29 is 23.9 Å². The Kier molecular flexibility index (Phi) is 7.12. The number of para-hydroxylation sites is 1. The fraction of sp³-hybridized carbons (Fsp3) is 0.360. The summed E-state index contributed by atoms with van der Waals surface area (Å²) in [5.74, 6) is -1.01. The standard InChI is InChI=1S/C25H27N5O6S/c1-13-27-20-15(23(34)30(13)17-9-11-19(31)29-21(17)32)6-5-7-16(20)28-22(33)18-10-8-14(37-18)12-26-24(35)36-25(2,3)4/h5-8,10,17H,9,11-12H2,1-4H3,(H,26,35)(H,28,33)(H,29,31,32). The molecule has 1 fully saturated rings. The third-order valence-corrected chi connectivity index (χ3v) is 6.65. The van der Waals surface area contributed by atoms with Crippen LogP contribution in [0.15, 0.2) is 35.1 Å². The van der Waals surface area contributed by atoms with Crippen LogP contribution in [0, 0.1) is 6.92 Å². The third-order valence-electron chi connectivity index (χ3n) is 5.57. The predicted octanol–water partition coefficient (Wildman–Crippen LogP) is 3.02. The molecule has 11 nitrogen and oxygen atoms in total. The summed E-state index contributed by atoms with van der Waals surface area (Å²) >= 11 is 1.21. The molecule has 194 valence electrons. The maximum absolute atomic E-state index is 13.3. The maximum atomic E-state index is 13.3. The third kappa shape index (κ3) is 5.85. The van der Waals surface area contributed by atoms with Gasteiger partial charge in [-0.05, 0) is 58.4 Å². The highest BCUT2D eigenvalue weighted by Gasteiger charge is 2.30. The molecular weight excluding hydrogens is 498 g/mol. The van der Waals surface area contributed by atoms with Crippen LogP contribution in [0.25, 0.3) is 10.9 Å². The van der Waals surface area contributed by atoms with E-state index in [0.717, 1.165) is 4.88 Å². The molecule has 0 aliphatic carbocycles. The van der Waals surface area contributed by atoms with E-state index in [2.05, 4.69) is 20.9 Å². The fourth-order valence-corrected chi connectivity index (χ4v) is 4.82. The molecule has 0 bridgehead atoms. The van der Waals surface area contributed by atoms with E-state index in [9.17, 15) is 24.0 Å². The van der Waals surface area contributed by atoms with E-state index in [1.807, 2.05) is 0 Å². The average Bonchev–Trinajstić information content (AvgIpc) is 3.28. The molecule has 37 heavy (non-hydrogen) atoms. The van der Waals surface area contributed by atoms with Crippen molar-refractivity contribution in [2.45, 2.75) is 58.7 Å². The quantitative estimate of drug-likeness (QED) is 0.434. The van der Waals surface area contributed by atoms with Gasteiger partial charge in [0, 0.05) is 11.3 Å². The maximum Gasteiger partial charge on any atom is 0.407 e. The number of hydrogen-bond donors (Lipinski definition) is 3. The van der Waals surface area contributed by atoms with E-state index < -0.39 is 35.1 Å². The van der Waals surface area contributed by atoms with E-state index in [4.69, 9.17) is 4.74 Å². The molecule has 1 aliphatic heterocycles. The number of aromatic nitrogens is 2. The second-order valence-corrected chi connectivity index (χ2v) is 10.7. The Labute approximate surface area is 216 Å². The summed E-state index contributed by atoms with van der Waals surface area (Å²) in [4.78, 5) is 67.7. The Morgan fingerprint density at radius 1 is 1.19 bits per heavy atom. The number of ether oxygens (including phenoxy) is 1. The van der Waals surface area contributed by atoms with Gasteiger partial charge in [-0.2, -0.15) is 0 Å². The minimum Gasteiger partial charge on any atom is -0.444 e. The van der Waals surface area contributed by atoms with Gasteiger partial charge >= 0.3 is 6.09 Å². The molecule has 1 atom stereocenters. The highest BCUT2D eigenvalue weighted by Crippen LogP contribution is 2.25. The number of amides is 4. The molecule has 0 radical (unpaired) electrons. The molecule has 3 N–H and O–H groups in total. The fourth-order valence-electron chi connectivity index (χ4n) is 3.98. The zero-order chi connectivity index (χ0) is 26.9. The first-order chi connectivity index (χ1) is 17.4. The number of aryl methyl sites for hydroxylation is 1. The molecule has 1 aliphatic rings. The number of rotatable bonds is 5. The van der Waals surface area contributed by atoms with Crippen molar-refractivity contribution in [3.05, 3.63) is 56.3 Å². The molecule has 1 aromatic carbocycles. The second-order valence-electron chi connectivity index (χ2n) is 9.58. The number of imide groups is 1. The monoisotopic (exact) mass is 525 g/mol. The molecule has 1 unspecified atom stereocenters. The molecule has 2 aromatic heterocycles. The topological polar surface area (TPSA) is 148 Å². The van der Waals surface area contributed by atoms with Crippen molar-refractivity contribution in [2.24, 2.45) is 0 Å². The van der Waals surface area contributed by atoms with Crippen LogP contribution in [0.2, 0.25) is 0 Å². The van der Waals surface area contributed by atoms with Crippen molar-refractivity contribution in [3.63, 3.8) is 0 Å². The lowest BCUT2D eigenvalue weighted by Gasteiger charge is -2.24. The average molecular weight is 526 g/mol. The summed E-state index contributed by atoms with van der Waals surface area (Å²) in [6, 6.07) is 7.39. The minimum atomic E-state index is -0.834. The van der Waals surface area contributed by atoms with Crippen LogP contribution in [0.3, 0.4) is 0 Å². The second kappa shape index (κ2) is 10.1. The Hall–Kier alpha value is -4.06. The summed E-state index contributed by atoms with van der Waals surface area (Å²) in [5.41, 5.74) is -0.398. The zero-order valence-electron chi connectivity index (χ0n) is 20.8. The number of piperidine rings is 1. The number of fused-ring (bicyclic) bond motifs is 1. The summed E-state index contributed by atoms with van der Waals surface area (Å²) in [5, 5.41) is 7.96. The lowest BCUT2D eigenvalue weighted by atomic mass is 10.1. The van der Waals surface area contributed by atoms with E-state index >= 15 is 0 Å². The first-order valence-corrected chi connectivity index (χ1v) is 12.5. The van der Waals surface area contributed by atoms with Gasteiger partial charge in [-0.1, -0.05) is 6.07 Å². The highest BCUT2D eigenvalue weighted by molar-refractivity contribution is 7.14. The molecule has 1 saturated heterocycles. The van der Waals surface area contributed by atoms with Gasteiger partial charge in [0.15, 0.2) is 0 Å². The van der Waals surface area contributed by atoms with Gasteiger partial charge in [0.2, 0.25) is 11.8 Å². The predicted molar refractivity (Wildman–Crippen MR) is 138 cm³/mol. The number of carbonyl (C=O) groups excluding carboxylic acids is 4. The van der Waals surface area contributed by atoms with E-state index in [-0.39, 0.29) is 30.7 Å². The van der Waals surface area contributed by atoms with Crippen LogP contribution < -0.4 is 21.5 Å². The zero-order valence-corrected chi connectivity index (χ0v) is 21.7. The minimum absolute atomic E-state index is 0.131. The molecule has 4 rings (SSSR count). The Morgan fingerprint density at radius 3 is 2.65 bits per heavy atom. The van der Waals surface area contributed by atoms with E-state index in [1.165, 1.54) is 15.9 Å². The van der Waals surface area contributed by atoms with Crippen molar-refractivity contribution in [1.82, 2.24) is 20.2 Å².